The largest absolute Gasteiger partial charge is 0.311 e. The van der Waals surface area contributed by atoms with E-state index in [1.165, 1.54) is 31.7 Å². The molecule has 15 heavy (non-hydrogen) atoms. The second kappa shape index (κ2) is 4.64. The van der Waals surface area contributed by atoms with Crippen molar-refractivity contribution in [2.75, 3.05) is 31.6 Å². The number of nitrogens with one attached hydrogen (secondary N) is 1. The van der Waals surface area contributed by atoms with Gasteiger partial charge in [-0.25, -0.2) is 0 Å². The van der Waals surface area contributed by atoms with Gasteiger partial charge >= 0.3 is 0 Å². The van der Waals surface area contributed by atoms with Gasteiger partial charge in [0, 0.05) is 37.0 Å². The maximum atomic E-state index is 3.73. The highest BCUT2D eigenvalue weighted by atomic mass is 32.2. The standard InChI is InChI=1S/C12H24N2S/c1-12(2)9-13-11(10-4-5-10)8-14(12)6-7-15-3/h10-11,13H,4-9H2,1-3H3. The Morgan fingerprint density at radius 1 is 1.40 bits per heavy atom. The highest BCUT2D eigenvalue weighted by Crippen LogP contribution is 2.35. The zero-order chi connectivity index (χ0) is 10.9. The van der Waals surface area contributed by atoms with E-state index in [1.54, 1.807) is 0 Å². The topological polar surface area (TPSA) is 15.3 Å². The molecule has 3 heteroatoms. The average molecular weight is 228 g/mol. The van der Waals surface area contributed by atoms with Crippen LogP contribution in [0.2, 0.25) is 0 Å². The van der Waals surface area contributed by atoms with Gasteiger partial charge in [0.05, 0.1) is 0 Å². The molecule has 88 valence electrons. The maximum Gasteiger partial charge on any atom is 0.0278 e. The van der Waals surface area contributed by atoms with Gasteiger partial charge in [0.2, 0.25) is 0 Å². The van der Waals surface area contributed by atoms with Crippen LogP contribution >= 0.6 is 11.8 Å². The van der Waals surface area contributed by atoms with Crippen molar-refractivity contribution in [1.82, 2.24) is 10.2 Å². The number of rotatable bonds is 4. The fourth-order valence-corrected chi connectivity index (χ4v) is 2.85. The number of hydrogen-bond acceptors (Lipinski definition) is 3. The van der Waals surface area contributed by atoms with Crippen LogP contribution in [0.5, 0.6) is 0 Å². The number of nitrogens with zero attached hydrogens (tertiary/aromatic N) is 1. The Hall–Kier alpha value is 0.270. The van der Waals surface area contributed by atoms with E-state index >= 15 is 0 Å². The summed E-state index contributed by atoms with van der Waals surface area (Å²) in [4.78, 5) is 2.68. The fourth-order valence-electron chi connectivity index (χ4n) is 2.45. The first-order chi connectivity index (χ1) is 7.13. The zero-order valence-electron chi connectivity index (χ0n) is 10.3. The van der Waals surface area contributed by atoms with Gasteiger partial charge in [-0.3, -0.25) is 4.90 Å². The normalized spacial score (nSPS) is 31.8. The van der Waals surface area contributed by atoms with Crippen LogP contribution in [0.1, 0.15) is 26.7 Å². The molecule has 1 saturated heterocycles. The first-order valence-corrected chi connectivity index (χ1v) is 7.50. The summed E-state index contributed by atoms with van der Waals surface area (Å²) in [5.41, 5.74) is 0.348. The fraction of sp³-hybridized carbons (Fsp3) is 1.00. The quantitative estimate of drug-likeness (QED) is 0.790. The highest BCUT2D eigenvalue weighted by molar-refractivity contribution is 7.98. The van der Waals surface area contributed by atoms with E-state index in [9.17, 15) is 0 Å². The summed E-state index contributed by atoms with van der Waals surface area (Å²) in [5.74, 6) is 2.25. The molecule has 1 aliphatic heterocycles. The van der Waals surface area contributed by atoms with Gasteiger partial charge in [0.15, 0.2) is 0 Å². The van der Waals surface area contributed by atoms with Crippen LogP contribution in [0, 0.1) is 5.92 Å². The lowest BCUT2D eigenvalue weighted by Gasteiger charge is -2.46. The Morgan fingerprint density at radius 2 is 2.13 bits per heavy atom. The van der Waals surface area contributed by atoms with Crippen molar-refractivity contribution in [3.8, 4) is 0 Å². The van der Waals surface area contributed by atoms with Crippen molar-refractivity contribution >= 4 is 11.8 Å². The second-order valence-electron chi connectivity index (χ2n) is 5.58. The van der Waals surface area contributed by atoms with E-state index in [0.717, 1.165) is 18.5 Å². The summed E-state index contributed by atoms with van der Waals surface area (Å²) in [6.07, 6.45) is 5.11. The zero-order valence-corrected chi connectivity index (χ0v) is 11.1. The van der Waals surface area contributed by atoms with E-state index < -0.39 is 0 Å². The van der Waals surface area contributed by atoms with Gasteiger partial charge in [0.1, 0.15) is 0 Å². The molecule has 2 aliphatic rings. The molecule has 1 aliphatic carbocycles. The minimum Gasteiger partial charge on any atom is -0.311 e. The lowest BCUT2D eigenvalue weighted by atomic mass is 9.96. The predicted octanol–water partition coefficient (Wildman–Crippen LogP) is 1.81. The molecular formula is C12H24N2S. The first kappa shape index (κ1) is 11.7. The highest BCUT2D eigenvalue weighted by Gasteiger charge is 2.39. The maximum absolute atomic E-state index is 3.73. The summed E-state index contributed by atoms with van der Waals surface area (Å²) in [6.45, 7) is 8.40. The molecule has 1 heterocycles. The van der Waals surface area contributed by atoms with Crippen molar-refractivity contribution < 1.29 is 0 Å². The molecule has 2 nitrogen and oxygen atoms in total. The van der Waals surface area contributed by atoms with E-state index in [2.05, 4.69) is 30.3 Å². The van der Waals surface area contributed by atoms with Crippen LogP contribution in [0.4, 0.5) is 0 Å². The van der Waals surface area contributed by atoms with Gasteiger partial charge in [-0.1, -0.05) is 0 Å². The van der Waals surface area contributed by atoms with E-state index in [-0.39, 0.29) is 0 Å². The van der Waals surface area contributed by atoms with Crippen molar-refractivity contribution in [3.63, 3.8) is 0 Å². The second-order valence-corrected chi connectivity index (χ2v) is 6.56. The van der Waals surface area contributed by atoms with E-state index in [4.69, 9.17) is 0 Å². The lowest BCUT2D eigenvalue weighted by molar-refractivity contribution is 0.0674. The smallest absolute Gasteiger partial charge is 0.0278 e. The summed E-state index contributed by atoms with van der Waals surface area (Å²) >= 11 is 1.96. The summed E-state index contributed by atoms with van der Waals surface area (Å²) in [7, 11) is 0. The number of thioether (sulfide) groups is 1. The van der Waals surface area contributed by atoms with E-state index in [0.29, 0.717) is 5.54 Å². The minimum atomic E-state index is 0.348. The monoisotopic (exact) mass is 228 g/mol. The van der Waals surface area contributed by atoms with Crippen LogP contribution in [0.15, 0.2) is 0 Å². The minimum absolute atomic E-state index is 0.348. The number of piperazine rings is 1. The molecule has 0 aromatic heterocycles. The Kier molecular flexibility index (Phi) is 3.63. The molecule has 1 atom stereocenters. The Balaban J connectivity index is 1.89. The molecule has 1 saturated carbocycles. The summed E-state index contributed by atoms with van der Waals surface area (Å²) in [6, 6.07) is 0.778. The molecule has 2 rings (SSSR count). The third-order valence-electron chi connectivity index (χ3n) is 3.83. The molecule has 2 fully saturated rings. The molecular weight excluding hydrogens is 204 g/mol. The first-order valence-electron chi connectivity index (χ1n) is 6.11. The molecule has 1 unspecified atom stereocenters. The van der Waals surface area contributed by atoms with Crippen molar-refractivity contribution in [2.45, 2.75) is 38.3 Å². The number of hydrogen-bond donors (Lipinski definition) is 1. The molecule has 0 aromatic rings. The van der Waals surface area contributed by atoms with Gasteiger partial charge in [-0.05, 0) is 38.9 Å². The van der Waals surface area contributed by atoms with Crippen LogP contribution in [0.3, 0.4) is 0 Å². The third kappa shape index (κ3) is 2.89. The molecule has 1 N–H and O–H groups in total. The Bertz CT molecular complexity index is 214. The molecule has 0 amide bonds. The molecule has 0 radical (unpaired) electrons. The summed E-state index contributed by atoms with van der Waals surface area (Å²) in [5, 5.41) is 3.73. The Morgan fingerprint density at radius 3 is 2.73 bits per heavy atom. The lowest BCUT2D eigenvalue weighted by Crippen LogP contribution is -2.62. The summed E-state index contributed by atoms with van der Waals surface area (Å²) < 4.78 is 0. The SMILES string of the molecule is CSCCN1CC(C2CC2)NCC1(C)C. The van der Waals surface area contributed by atoms with Gasteiger partial charge in [-0.15, -0.1) is 0 Å². The molecule has 0 aromatic carbocycles. The van der Waals surface area contributed by atoms with Crippen molar-refractivity contribution in [2.24, 2.45) is 5.92 Å². The van der Waals surface area contributed by atoms with Crippen LogP contribution < -0.4 is 5.32 Å². The average Bonchev–Trinajstić information content (AvgIpc) is 2.99. The Labute approximate surface area is 98.2 Å². The predicted molar refractivity (Wildman–Crippen MR) is 68.5 cm³/mol. The van der Waals surface area contributed by atoms with Crippen LogP contribution in [-0.4, -0.2) is 48.1 Å². The van der Waals surface area contributed by atoms with Crippen LogP contribution in [0.25, 0.3) is 0 Å². The van der Waals surface area contributed by atoms with Gasteiger partial charge < -0.3 is 5.32 Å². The van der Waals surface area contributed by atoms with E-state index in [1.807, 2.05) is 11.8 Å². The van der Waals surface area contributed by atoms with Crippen molar-refractivity contribution in [3.05, 3.63) is 0 Å². The molecule has 0 bridgehead atoms. The molecule has 0 spiro atoms. The van der Waals surface area contributed by atoms with Crippen LogP contribution in [-0.2, 0) is 0 Å². The van der Waals surface area contributed by atoms with Gasteiger partial charge in [0.25, 0.3) is 0 Å². The van der Waals surface area contributed by atoms with Crippen molar-refractivity contribution in [1.29, 1.82) is 0 Å². The van der Waals surface area contributed by atoms with Gasteiger partial charge in [-0.2, -0.15) is 11.8 Å². The third-order valence-corrected chi connectivity index (χ3v) is 4.42.